The maximum absolute atomic E-state index is 6.13. The molecule has 0 fully saturated rings. The highest BCUT2D eigenvalue weighted by Crippen LogP contribution is 2.36. The molecule has 2 N–H and O–H groups in total. The zero-order chi connectivity index (χ0) is 9.59. The van der Waals surface area contributed by atoms with E-state index in [4.69, 9.17) is 5.73 Å². The molecule has 0 aliphatic heterocycles. The quantitative estimate of drug-likeness (QED) is 0.644. The number of rotatable bonds is 0. The van der Waals surface area contributed by atoms with Crippen molar-refractivity contribution >= 4 is 0 Å². The minimum atomic E-state index is 0.258. The van der Waals surface area contributed by atoms with Crippen LogP contribution in [-0.2, 0) is 6.42 Å². The zero-order valence-corrected chi connectivity index (χ0v) is 8.59. The van der Waals surface area contributed by atoms with E-state index in [1.54, 1.807) is 0 Å². The van der Waals surface area contributed by atoms with Gasteiger partial charge in [-0.15, -0.1) is 0 Å². The van der Waals surface area contributed by atoms with Crippen molar-refractivity contribution in [2.24, 2.45) is 11.7 Å². The molecule has 1 aromatic rings. The van der Waals surface area contributed by atoms with Gasteiger partial charge in [0, 0.05) is 6.04 Å². The Morgan fingerprint density at radius 3 is 2.69 bits per heavy atom. The summed E-state index contributed by atoms with van der Waals surface area (Å²) in [6, 6.07) is 4.76. The molecule has 1 aliphatic carbocycles. The molecule has 0 radical (unpaired) electrons. The van der Waals surface area contributed by atoms with Gasteiger partial charge in [-0.25, -0.2) is 0 Å². The largest absolute Gasteiger partial charge is 0.324 e. The van der Waals surface area contributed by atoms with Crippen LogP contribution >= 0.6 is 0 Å². The lowest BCUT2D eigenvalue weighted by Gasteiger charge is -2.10. The lowest BCUT2D eigenvalue weighted by Crippen LogP contribution is -2.13. The Morgan fingerprint density at radius 1 is 1.31 bits per heavy atom. The lowest BCUT2D eigenvalue weighted by molar-refractivity contribution is 0.513. The van der Waals surface area contributed by atoms with Crippen LogP contribution in [0.5, 0.6) is 0 Å². The average Bonchev–Trinajstić information content (AvgIpc) is 2.32. The van der Waals surface area contributed by atoms with Gasteiger partial charge in [0.15, 0.2) is 0 Å². The average molecular weight is 175 g/mol. The first-order valence-electron chi connectivity index (χ1n) is 4.95. The van der Waals surface area contributed by atoms with Crippen LogP contribution in [0.3, 0.4) is 0 Å². The highest BCUT2D eigenvalue weighted by Gasteiger charge is 2.27. The van der Waals surface area contributed by atoms with Gasteiger partial charge in [-0.1, -0.05) is 24.6 Å². The van der Waals surface area contributed by atoms with Crippen LogP contribution < -0.4 is 5.73 Å². The van der Waals surface area contributed by atoms with Crippen LogP contribution in [-0.4, -0.2) is 0 Å². The van der Waals surface area contributed by atoms with Gasteiger partial charge in [0.1, 0.15) is 0 Å². The molecule has 1 heteroatoms. The van der Waals surface area contributed by atoms with Gasteiger partial charge in [-0.2, -0.15) is 0 Å². The van der Waals surface area contributed by atoms with E-state index in [0.717, 1.165) is 6.42 Å². The van der Waals surface area contributed by atoms with Crippen molar-refractivity contribution in [3.63, 3.8) is 0 Å². The first kappa shape index (κ1) is 8.76. The fraction of sp³-hybridized carbons (Fsp3) is 0.500. The molecular formula is C12H17N. The van der Waals surface area contributed by atoms with Gasteiger partial charge in [0.25, 0.3) is 0 Å². The number of fused-ring (bicyclic) bond motifs is 1. The summed E-state index contributed by atoms with van der Waals surface area (Å²) < 4.78 is 0. The van der Waals surface area contributed by atoms with Crippen molar-refractivity contribution in [2.75, 3.05) is 0 Å². The number of benzene rings is 1. The summed E-state index contributed by atoms with van der Waals surface area (Å²) in [6.45, 7) is 6.57. The number of aryl methyl sites for hydroxylation is 2. The molecule has 0 amide bonds. The van der Waals surface area contributed by atoms with E-state index in [0.29, 0.717) is 5.92 Å². The summed E-state index contributed by atoms with van der Waals surface area (Å²) in [4.78, 5) is 0. The van der Waals surface area contributed by atoms with E-state index in [1.807, 2.05) is 0 Å². The second-order valence-electron chi connectivity index (χ2n) is 4.36. The van der Waals surface area contributed by atoms with Gasteiger partial charge in [0.2, 0.25) is 0 Å². The van der Waals surface area contributed by atoms with Gasteiger partial charge < -0.3 is 5.73 Å². The molecule has 0 bridgehead atoms. The maximum atomic E-state index is 6.13. The van der Waals surface area contributed by atoms with Gasteiger partial charge in [0.05, 0.1) is 0 Å². The molecule has 1 nitrogen and oxygen atoms in total. The van der Waals surface area contributed by atoms with E-state index in [1.165, 1.54) is 22.3 Å². The van der Waals surface area contributed by atoms with Crippen molar-refractivity contribution < 1.29 is 0 Å². The Hall–Kier alpha value is -0.820. The molecule has 2 rings (SSSR count). The van der Waals surface area contributed by atoms with Crippen molar-refractivity contribution in [1.82, 2.24) is 0 Å². The van der Waals surface area contributed by atoms with E-state index in [-0.39, 0.29) is 6.04 Å². The summed E-state index contributed by atoms with van der Waals surface area (Å²) in [5, 5.41) is 0. The smallest absolute Gasteiger partial charge is 0.0326 e. The van der Waals surface area contributed by atoms with Crippen molar-refractivity contribution in [3.8, 4) is 0 Å². The third kappa shape index (κ3) is 1.28. The van der Waals surface area contributed by atoms with Crippen LogP contribution in [0.4, 0.5) is 0 Å². The third-order valence-electron chi connectivity index (χ3n) is 3.15. The summed E-state index contributed by atoms with van der Waals surface area (Å²) in [5.41, 5.74) is 11.7. The highest BCUT2D eigenvalue weighted by atomic mass is 14.7. The Labute approximate surface area is 80.0 Å². The molecule has 2 atom stereocenters. The minimum absolute atomic E-state index is 0.258. The molecule has 0 saturated heterocycles. The van der Waals surface area contributed by atoms with E-state index >= 15 is 0 Å². The van der Waals surface area contributed by atoms with Crippen molar-refractivity contribution in [2.45, 2.75) is 33.2 Å². The first-order valence-corrected chi connectivity index (χ1v) is 4.95. The Balaban J connectivity index is 2.57. The minimum Gasteiger partial charge on any atom is -0.324 e. The van der Waals surface area contributed by atoms with Crippen LogP contribution in [0.15, 0.2) is 12.1 Å². The first-order chi connectivity index (χ1) is 6.09. The Kier molecular flexibility index (Phi) is 1.92. The molecule has 0 saturated carbocycles. The number of nitrogens with two attached hydrogens (primary N) is 1. The van der Waals surface area contributed by atoms with Gasteiger partial charge in [-0.3, -0.25) is 0 Å². The molecule has 0 heterocycles. The maximum Gasteiger partial charge on any atom is 0.0326 e. The summed E-state index contributed by atoms with van der Waals surface area (Å²) in [5.74, 6) is 0.607. The fourth-order valence-corrected chi connectivity index (χ4v) is 2.36. The molecule has 0 aromatic heterocycles. The Morgan fingerprint density at radius 2 is 2.00 bits per heavy atom. The third-order valence-corrected chi connectivity index (χ3v) is 3.15. The van der Waals surface area contributed by atoms with E-state index in [9.17, 15) is 0 Å². The van der Waals surface area contributed by atoms with Crippen molar-refractivity contribution in [3.05, 3.63) is 34.4 Å². The molecular weight excluding hydrogens is 158 g/mol. The molecule has 0 unspecified atom stereocenters. The highest BCUT2D eigenvalue weighted by molar-refractivity contribution is 5.43. The fourth-order valence-electron chi connectivity index (χ4n) is 2.36. The number of hydrogen-bond donors (Lipinski definition) is 1. The topological polar surface area (TPSA) is 26.0 Å². The van der Waals surface area contributed by atoms with Crippen LogP contribution in [0, 0.1) is 19.8 Å². The van der Waals surface area contributed by atoms with Crippen molar-refractivity contribution in [1.29, 1.82) is 0 Å². The summed E-state index contributed by atoms with van der Waals surface area (Å²) in [7, 11) is 0. The van der Waals surface area contributed by atoms with Gasteiger partial charge >= 0.3 is 0 Å². The standard InChI is InChI=1S/C12H17N/c1-7-4-8(2)10-6-9(3)12(13)11(10)5-7/h4-5,9,12H,6,13H2,1-3H3/t9-,12+/m0/s1. The van der Waals surface area contributed by atoms with E-state index < -0.39 is 0 Å². The van der Waals surface area contributed by atoms with Gasteiger partial charge in [-0.05, 0) is 42.9 Å². The summed E-state index contributed by atoms with van der Waals surface area (Å²) in [6.07, 6.45) is 1.16. The lowest BCUT2D eigenvalue weighted by atomic mass is 10.0. The SMILES string of the molecule is Cc1cc(C)c2c(c1)[C@H](N)[C@@H](C)C2. The summed E-state index contributed by atoms with van der Waals surface area (Å²) >= 11 is 0. The zero-order valence-electron chi connectivity index (χ0n) is 8.59. The normalized spacial score (nSPS) is 26.2. The molecule has 0 spiro atoms. The van der Waals surface area contributed by atoms with E-state index in [2.05, 4.69) is 32.9 Å². The van der Waals surface area contributed by atoms with Crippen LogP contribution in [0.2, 0.25) is 0 Å². The van der Waals surface area contributed by atoms with Crippen LogP contribution in [0.1, 0.15) is 35.2 Å². The predicted octanol–water partition coefficient (Wildman–Crippen LogP) is 2.50. The second kappa shape index (κ2) is 2.85. The molecule has 1 aromatic carbocycles. The molecule has 1 aliphatic rings. The molecule has 13 heavy (non-hydrogen) atoms. The second-order valence-corrected chi connectivity index (χ2v) is 4.36. The predicted molar refractivity (Wildman–Crippen MR) is 55.7 cm³/mol. The Bertz CT molecular complexity index is 341. The monoisotopic (exact) mass is 175 g/mol. The number of hydrogen-bond acceptors (Lipinski definition) is 1. The van der Waals surface area contributed by atoms with Crippen LogP contribution in [0.25, 0.3) is 0 Å². The molecule has 70 valence electrons.